The number of nitrogens with one attached hydrogen (secondary N) is 1. The highest BCUT2D eigenvalue weighted by molar-refractivity contribution is 6.30. The number of morpholine rings is 1. The molecule has 17 heavy (non-hydrogen) atoms. The maximum Gasteiger partial charge on any atom is 0.0955 e. The zero-order valence-electron chi connectivity index (χ0n) is 9.90. The Hall–Kier alpha value is -0.610. The van der Waals surface area contributed by atoms with Crippen LogP contribution >= 0.6 is 11.6 Å². The largest absolute Gasteiger partial charge is 0.391 e. The Balaban J connectivity index is 1.84. The standard InChI is InChI=1S/C13H18ClNO2/c1-9(16)13-7-15-12(8-17-13)6-10-2-4-11(14)5-3-10/h2-5,9,12-13,15-16H,6-8H2,1H3. The minimum atomic E-state index is -0.418. The van der Waals surface area contributed by atoms with Crippen molar-refractivity contribution in [1.29, 1.82) is 0 Å². The van der Waals surface area contributed by atoms with Crippen molar-refractivity contribution in [1.82, 2.24) is 5.32 Å². The van der Waals surface area contributed by atoms with Crippen LogP contribution in [0.25, 0.3) is 0 Å². The van der Waals surface area contributed by atoms with Gasteiger partial charge in [0.25, 0.3) is 0 Å². The molecule has 3 nitrogen and oxygen atoms in total. The van der Waals surface area contributed by atoms with Gasteiger partial charge in [-0.15, -0.1) is 0 Å². The molecule has 0 aromatic heterocycles. The lowest BCUT2D eigenvalue weighted by Crippen LogP contribution is -2.50. The smallest absolute Gasteiger partial charge is 0.0955 e. The second-order valence-electron chi connectivity index (χ2n) is 4.55. The molecular weight excluding hydrogens is 238 g/mol. The molecule has 94 valence electrons. The molecule has 2 N–H and O–H groups in total. The molecule has 0 spiro atoms. The SMILES string of the molecule is CC(O)C1CNC(Cc2ccc(Cl)cc2)CO1. The first-order chi connectivity index (χ1) is 8.15. The van der Waals surface area contributed by atoms with Crippen molar-refractivity contribution in [3.63, 3.8) is 0 Å². The predicted molar refractivity (Wildman–Crippen MR) is 68.4 cm³/mol. The van der Waals surface area contributed by atoms with Gasteiger partial charge in [-0.05, 0) is 31.0 Å². The molecule has 1 fully saturated rings. The van der Waals surface area contributed by atoms with E-state index in [9.17, 15) is 5.11 Å². The van der Waals surface area contributed by atoms with Gasteiger partial charge in [-0.25, -0.2) is 0 Å². The molecule has 1 heterocycles. The third-order valence-corrected chi connectivity index (χ3v) is 3.30. The van der Waals surface area contributed by atoms with Crippen LogP contribution in [0.1, 0.15) is 12.5 Å². The summed E-state index contributed by atoms with van der Waals surface area (Å²) >= 11 is 5.84. The topological polar surface area (TPSA) is 41.5 Å². The Morgan fingerprint density at radius 1 is 1.47 bits per heavy atom. The summed E-state index contributed by atoms with van der Waals surface area (Å²) in [6.45, 7) is 3.10. The lowest BCUT2D eigenvalue weighted by molar-refractivity contribution is -0.0595. The van der Waals surface area contributed by atoms with Gasteiger partial charge >= 0.3 is 0 Å². The predicted octanol–water partition coefficient (Wildman–Crippen LogP) is 1.62. The number of aliphatic hydroxyl groups excluding tert-OH is 1. The van der Waals surface area contributed by atoms with Crippen LogP contribution < -0.4 is 5.32 Å². The average Bonchev–Trinajstić information content (AvgIpc) is 2.33. The van der Waals surface area contributed by atoms with E-state index >= 15 is 0 Å². The van der Waals surface area contributed by atoms with Crippen molar-refractivity contribution < 1.29 is 9.84 Å². The number of hydrogen-bond donors (Lipinski definition) is 2. The molecule has 1 aliphatic rings. The van der Waals surface area contributed by atoms with E-state index in [1.807, 2.05) is 24.3 Å². The lowest BCUT2D eigenvalue weighted by atomic mass is 10.0. The molecule has 0 saturated carbocycles. The highest BCUT2D eigenvalue weighted by Crippen LogP contribution is 2.13. The van der Waals surface area contributed by atoms with Gasteiger partial charge in [0.1, 0.15) is 0 Å². The van der Waals surface area contributed by atoms with Crippen molar-refractivity contribution >= 4 is 11.6 Å². The molecule has 0 bridgehead atoms. The average molecular weight is 256 g/mol. The van der Waals surface area contributed by atoms with Crippen molar-refractivity contribution in [2.24, 2.45) is 0 Å². The first-order valence-electron chi connectivity index (χ1n) is 5.92. The Morgan fingerprint density at radius 2 is 2.18 bits per heavy atom. The van der Waals surface area contributed by atoms with Gasteiger partial charge in [-0.1, -0.05) is 23.7 Å². The van der Waals surface area contributed by atoms with Gasteiger partial charge in [-0.2, -0.15) is 0 Å². The summed E-state index contributed by atoms with van der Waals surface area (Å²) in [5.74, 6) is 0. The number of aliphatic hydroxyl groups is 1. The van der Waals surface area contributed by atoms with Crippen molar-refractivity contribution in [3.05, 3.63) is 34.9 Å². The van der Waals surface area contributed by atoms with Crippen LogP contribution in [-0.2, 0) is 11.2 Å². The zero-order chi connectivity index (χ0) is 12.3. The van der Waals surface area contributed by atoms with E-state index in [0.717, 1.165) is 11.4 Å². The first kappa shape index (κ1) is 12.8. The van der Waals surface area contributed by atoms with E-state index in [1.165, 1.54) is 5.56 Å². The number of halogens is 1. The van der Waals surface area contributed by atoms with Crippen LogP contribution in [0.5, 0.6) is 0 Å². The molecule has 1 aromatic carbocycles. The van der Waals surface area contributed by atoms with Crippen LogP contribution in [0.2, 0.25) is 5.02 Å². The molecule has 4 heteroatoms. The summed E-state index contributed by atoms with van der Waals surface area (Å²) in [5.41, 5.74) is 1.24. The second-order valence-corrected chi connectivity index (χ2v) is 4.98. The van der Waals surface area contributed by atoms with Crippen molar-refractivity contribution in [3.8, 4) is 0 Å². The van der Waals surface area contributed by atoms with Crippen LogP contribution in [0.4, 0.5) is 0 Å². The number of benzene rings is 1. The first-order valence-corrected chi connectivity index (χ1v) is 6.30. The molecule has 2 rings (SSSR count). The fraction of sp³-hybridized carbons (Fsp3) is 0.538. The monoisotopic (exact) mass is 255 g/mol. The second kappa shape index (κ2) is 5.83. The normalized spacial score (nSPS) is 26.8. The zero-order valence-corrected chi connectivity index (χ0v) is 10.7. The van der Waals surface area contributed by atoms with Crippen LogP contribution in [-0.4, -0.2) is 36.5 Å². The van der Waals surface area contributed by atoms with Gasteiger partial charge in [0, 0.05) is 17.6 Å². The van der Waals surface area contributed by atoms with Gasteiger partial charge < -0.3 is 15.2 Å². The molecule has 0 amide bonds. The van der Waals surface area contributed by atoms with Crippen LogP contribution in [0.3, 0.4) is 0 Å². The Morgan fingerprint density at radius 3 is 2.71 bits per heavy atom. The van der Waals surface area contributed by atoms with E-state index in [0.29, 0.717) is 19.2 Å². The quantitative estimate of drug-likeness (QED) is 0.863. The Bertz CT molecular complexity index is 345. The summed E-state index contributed by atoms with van der Waals surface area (Å²) in [7, 11) is 0. The fourth-order valence-electron chi connectivity index (χ4n) is 1.99. The fourth-order valence-corrected chi connectivity index (χ4v) is 2.11. The molecule has 1 aromatic rings. The molecule has 3 atom stereocenters. The molecule has 3 unspecified atom stereocenters. The summed E-state index contributed by atoms with van der Waals surface area (Å²) in [6.07, 6.45) is 0.416. The minimum absolute atomic E-state index is 0.0866. The Kier molecular flexibility index (Phi) is 4.40. The number of hydrogen-bond acceptors (Lipinski definition) is 3. The highest BCUT2D eigenvalue weighted by atomic mass is 35.5. The van der Waals surface area contributed by atoms with E-state index in [-0.39, 0.29) is 6.10 Å². The van der Waals surface area contributed by atoms with Crippen molar-refractivity contribution in [2.75, 3.05) is 13.2 Å². The summed E-state index contributed by atoms with van der Waals surface area (Å²) in [5, 5.41) is 13.6. The minimum Gasteiger partial charge on any atom is -0.391 e. The number of ether oxygens (including phenoxy) is 1. The molecule has 0 aliphatic carbocycles. The third kappa shape index (κ3) is 3.68. The van der Waals surface area contributed by atoms with Crippen LogP contribution in [0.15, 0.2) is 24.3 Å². The van der Waals surface area contributed by atoms with Gasteiger partial charge in [0.15, 0.2) is 0 Å². The molecule has 0 radical (unpaired) electrons. The van der Waals surface area contributed by atoms with E-state index in [4.69, 9.17) is 16.3 Å². The van der Waals surface area contributed by atoms with Gasteiger partial charge in [0.05, 0.1) is 18.8 Å². The van der Waals surface area contributed by atoms with Crippen LogP contribution in [0, 0.1) is 0 Å². The summed E-state index contributed by atoms with van der Waals surface area (Å²) < 4.78 is 5.61. The highest BCUT2D eigenvalue weighted by Gasteiger charge is 2.24. The Labute approximate surface area is 107 Å². The van der Waals surface area contributed by atoms with Crippen molar-refractivity contribution in [2.45, 2.75) is 31.6 Å². The summed E-state index contributed by atoms with van der Waals surface area (Å²) in [4.78, 5) is 0. The third-order valence-electron chi connectivity index (χ3n) is 3.05. The maximum atomic E-state index is 9.40. The maximum absolute atomic E-state index is 9.40. The van der Waals surface area contributed by atoms with E-state index in [2.05, 4.69) is 5.32 Å². The van der Waals surface area contributed by atoms with Gasteiger partial charge in [0.2, 0.25) is 0 Å². The van der Waals surface area contributed by atoms with E-state index < -0.39 is 6.10 Å². The van der Waals surface area contributed by atoms with Gasteiger partial charge in [-0.3, -0.25) is 0 Å². The van der Waals surface area contributed by atoms with E-state index in [1.54, 1.807) is 6.92 Å². The number of rotatable bonds is 3. The molecule has 1 saturated heterocycles. The lowest BCUT2D eigenvalue weighted by Gasteiger charge is -2.31. The summed E-state index contributed by atoms with van der Waals surface area (Å²) in [6, 6.07) is 8.18. The molecular formula is C13H18ClNO2. The molecule has 1 aliphatic heterocycles.